The Morgan fingerprint density at radius 2 is 2.06 bits per heavy atom. The van der Waals surface area contributed by atoms with E-state index in [0.717, 1.165) is 17.8 Å². The average molecular weight is 232 g/mol. The SMILES string of the molecule is CC(=O)Nc1c(C)cc(C)c2c1N(C)CC2C. The molecule has 17 heavy (non-hydrogen) atoms. The zero-order valence-electron chi connectivity index (χ0n) is 11.2. The molecule has 1 unspecified atom stereocenters. The van der Waals surface area contributed by atoms with Crippen molar-refractivity contribution in [2.45, 2.75) is 33.6 Å². The van der Waals surface area contributed by atoms with E-state index in [0.29, 0.717) is 5.92 Å². The molecule has 0 radical (unpaired) electrons. The average Bonchev–Trinajstić information content (AvgIpc) is 2.48. The van der Waals surface area contributed by atoms with Gasteiger partial charge in [0.05, 0.1) is 11.4 Å². The van der Waals surface area contributed by atoms with Gasteiger partial charge < -0.3 is 10.2 Å². The van der Waals surface area contributed by atoms with Crippen LogP contribution in [-0.2, 0) is 4.79 Å². The van der Waals surface area contributed by atoms with Crippen molar-refractivity contribution in [3.8, 4) is 0 Å². The van der Waals surface area contributed by atoms with Gasteiger partial charge in [-0.15, -0.1) is 0 Å². The molecule has 1 amide bonds. The van der Waals surface area contributed by atoms with Gasteiger partial charge in [-0.2, -0.15) is 0 Å². The van der Waals surface area contributed by atoms with Crippen LogP contribution in [0.2, 0.25) is 0 Å². The van der Waals surface area contributed by atoms with E-state index < -0.39 is 0 Å². The number of rotatable bonds is 1. The van der Waals surface area contributed by atoms with E-state index in [-0.39, 0.29) is 5.91 Å². The third kappa shape index (κ3) is 1.90. The quantitative estimate of drug-likeness (QED) is 0.807. The predicted molar refractivity (Wildman–Crippen MR) is 71.9 cm³/mol. The summed E-state index contributed by atoms with van der Waals surface area (Å²) in [6.07, 6.45) is 0. The molecule has 1 aliphatic heterocycles. The van der Waals surface area contributed by atoms with Gasteiger partial charge in [0.2, 0.25) is 5.91 Å². The number of aryl methyl sites for hydroxylation is 2. The number of amides is 1. The van der Waals surface area contributed by atoms with Gasteiger partial charge >= 0.3 is 0 Å². The topological polar surface area (TPSA) is 32.3 Å². The summed E-state index contributed by atoms with van der Waals surface area (Å²) in [6, 6.07) is 2.17. The molecule has 0 saturated carbocycles. The molecule has 0 aliphatic carbocycles. The second kappa shape index (κ2) is 4.06. The molecule has 0 aromatic heterocycles. The van der Waals surface area contributed by atoms with Crippen molar-refractivity contribution in [3.63, 3.8) is 0 Å². The van der Waals surface area contributed by atoms with Gasteiger partial charge in [-0.3, -0.25) is 4.79 Å². The Balaban J connectivity index is 2.64. The predicted octanol–water partition coefficient (Wildman–Crippen LogP) is 2.82. The largest absolute Gasteiger partial charge is 0.372 e. The Morgan fingerprint density at radius 1 is 1.41 bits per heavy atom. The summed E-state index contributed by atoms with van der Waals surface area (Å²) in [5.74, 6) is 0.523. The van der Waals surface area contributed by atoms with Crippen molar-refractivity contribution in [2.75, 3.05) is 23.8 Å². The molecule has 2 rings (SSSR count). The maximum absolute atomic E-state index is 11.3. The molecule has 1 aromatic carbocycles. The maximum atomic E-state index is 11.3. The minimum atomic E-state index is -0.00731. The van der Waals surface area contributed by atoms with Crippen molar-refractivity contribution in [2.24, 2.45) is 0 Å². The van der Waals surface area contributed by atoms with Gasteiger partial charge in [-0.1, -0.05) is 13.0 Å². The van der Waals surface area contributed by atoms with Gasteiger partial charge in [0, 0.05) is 26.4 Å². The first-order valence-electron chi connectivity index (χ1n) is 6.04. The number of carbonyl (C=O) groups excluding carboxylic acids is 1. The maximum Gasteiger partial charge on any atom is 0.221 e. The van der Waals surface area contributed by atoms with Crippen LogP contribution in [0.1, 0.15) is 36.5 Å². The highest BCUT2D eigenvalue weighted by atomic mass is 16.1. The van der Waals surface area contributed by atoms with Crippen LogP contribution in [0.5, 0.6) is 0 Å². The summed E-state index contributed by atoms with van der Waals surface area (Å²) in [5.41, 5.74) is 6.01. The number of nitrogens with one attached hydrogen (secondary N) is 1. The summed E-state index contributed by atoms with van der Waals surface area (Å²) >= 11 is 0. The van der Waals surface area contributed by atoms with Crippen molar-refractivity contribution in [3.05, 3.63) is 22.8 Å². The third-order valence-corrected chi connectivity index (χ3v) is 3.47. The number of benzene rings is 1. The molecule has 1 aromatic rings. The van der Waals surface area contributed by atoms with Crippen LogP contribution in [0, 0.1) is 13.8 Å². The van der Waals surface area contributed by atoms with Gasteiger partial charge in [-0.25, -0.2) is 0 Å². The van der Waals surface area contributed by atoms with E-state index in [4.69, 9.17) is 0 Å². The van der Waals surface area contributed by atoms with E-state index >= 15 is 0 Å². The smallest absolute Gasteiger partial charge is 0.221 e. The lowest BCUT2D eigenvalue weighted by molar-refractivity contribution is -0.114. The van der Waals surface area contributed by atoms with Crippen LogP contribution in [0.25, 0.3) is 0 Å². The minimum Gasteiger partial charge on any atom is -0.372 e. The van der Waals surface area contributed by atoms with E-state index in [1.165, 1.54) is 16.8 Å². The number of fused-ring (bicyclic) bond motifs is 1. The third-order valence-electron chi connectivity index (χ3n) is 3.47. The molecule has 3 nitrogen and oxygen atoms in total. The first-order valence-corrected chi connectivity index (χ1v) is 6.04. The van der Waals surface area contributed by atoms with Crippen molar-refractivity contribution in [1.29, 1.82) is 0 Å². The Kier molecular flexibility index (Phi) is 2.86. The molecule has 0 fully saturated rings. The summed E-state index contributed by atoms with van der Waals surface area (Å²) < 4.78 is 0. The molecule has 1 atom stereocenters. The van der Waals surface area contributed by atoms with Crippen LogP contribution < -0.4 is 10.2 Å². The van der Waals surface area contributed by atoms with Crippen molar-refractivity contribution < 1.29 is 4.79 Å². The van der Waals surface area contributed by atoms with Crippen molar-refractivity contribution >= 4 is 17.3 Å². The number of nitrogens with zero attached hydrogens (tertiary/aromatic N) is 1. The van der Waals surface area contributed by atoms with E-state index in [1.807, 2.05) is 0 Å². The lowest BCUT2D eigenvalue weighted by atomic mass is 9.95. The molecular formula is C14H20N2O. The summed E-state index contributed by atoms with van der Waals surface area (Å²) in [7, 11) is 2.09. The molecule has 3 heteroatoms. The Morgan fingerprint density at radius 3 is 2.65 bits per heavy atom. The zero-order chi connectivity index (χ0) is 12.7. The summed E-state index contributed by atoms with van der Waals surface area (Å²) in [4.78, 5) is 13.6. The Hall–Kier alpha value is -1.51. The van der Waals surface area contributed by atoms with Crippen LogP contribution in [-0.4, -0.2) is 19.5 Å². The number of likely N-dealkylation sites (N-methyl/N-ethyl adjacent to an activating group) is 1. The fraction of sp³-hybridized carbons (Fsp3) is 0.500. The highest BCUT2D eigenvalue weighted by Crippen LogP contribution is 2.44. The highest BCUT2D eigenvalue weighted by Gasteiger charge is 2.28. The molecule has 0 bridgehead atoms. The minimum absolute atomic E-state index is 0.00731. The van der Waals surface area contributed by atoms with E-state index in [9.17, 15) is 4.79 Å². The summed E-state index contributed by atoms with van der Waals surface area (Å²) in [5, 5.41) is 2.97. The van der Waals surface area contributed by atoms with Crippen molar-refractivity contribution in [1.82, 2.24) is 0 Å². The van der Waals surface area contributed by atoms with Gasteiger partial charge in [0.15, 0.2) is 0 Å². The van der Waals surface area contributed by atoms with E-state index in [2.05, 4.69) is 44.1 Å². The molecule has 1 heterocycles. The fourth-order valence-corrected chi connectivity index (χ4v) is 2.93. The fourth-order valence-electron chi connectivity index (χ4n) is 2.93. The van der Waals surface area contributed by atoms with Gasteiger partial charge in [-0.05, 0) is 30.5 Å². The number of anilines is 2. The molecule has 0 saturated heterocycles. The molecule has 0 spiro atoms. The highest BCUT2D eigenvalue weighted by molar-refractivity contribution is 5.95. The Labute approximate surface area is 103 Å². The molecule has 1 aliphatic rings. The van der Waals surface area contributed by atoms with Crippen LogP contribution >= 0.6 is 0 Å². The van der Waals surface area contributed by atoms with Crippen LogP contribution in [0.15, 0.2) is 6.07 Å². The number of carbonyl (C=O) groups is 1. The first-order chi connectivity index (χ1) is 7.91. The zero-order valence-corrected chi connectivity index (χ0v) is 11.2. The first kappa shape index (κ1) is 12.0. The molecule has 92 valence electrons. The lowest BCUT2D eigenvalue weighted by Gasteiger charge is -2.20. The standard InChI is InChI=1S/C14H20N2O/c1-8-6-9(2)13(15-11(4)17)14-12(8)10(3)7-16(14)5/h6,10H,7H2,1-5H3,(H,15,17). The molecular weight excluding hydrogens is 212 g/mol. The second-order valence-corrected chi connectivity index (χ2v) is 5.11. The van der Waals surface area contributed by atoms with Crippen LogP contribution in [0.4, 0.5) is 11.4 Å². The van der Waals surface area contributed by atoms with E-state index in [1.54, 1.807) is 6.92 Å². The Bertz CT molecular complexity index is 480. The van der Waals surface area contributed by atoms with Crippen LogP contribution in [0.3, 0.4) is 0 Å². The van der Waals surface area contributed by atoms with Gasteiger partial charge in [0.1, 0.15) is 0 Å². The monoisotopic (exact) mass is 232 g/mol. The number of hydrogen-bond acceptors (Lipinski definition) is 2. The number of hydrogen-bond donors (Lipinski definition) is 1. The normalized spacial score (nSPS) is 18.2. The lowest BCUT2D eigenvalue weighted by Crippen LogP contribution is -2.17. The van der Waals surface area contributed by atoms with Gasteiger partial charge in [0.25, 0.3) is 0 Å². The summed E-state index contributed by atoms with van der Waals surface area (Å²) in [6.45, 7) is 9.02. The molecule has 1 N–H and O–H groups in total. The second-order valence-electron chi connectivity index (χ2n) is 5.11.